The van der Waals surface area contributed by atoms with Gasteiger partial charge in [0.2, 0.25) is 0 Å². The van der Waals surface area contributed by atoms with Crippen LogP contribution in [0, 0.1) is 0 Å². The van der Waals surface area contributed by atoms with Gasteiger partial charge < -0.3 is 20.3 Å². The molecule has 2 aromatic heterocycles. The average Bonchev–Trinajstić information content (AvgIpc) is 3.31. The van der Waals surface area contributed by atoms with Crippen LogP contribution in [0.3, 0.4) is 0 Å². The van der Waals surface area contributed by atoms with Gasteiger partial charge in [0.25, 0.3) is 5.91 Å². The number of benzene rings is 1. The number of nitrogens with zero attached hydrogens (tertiary/aromatic N) is 5. The van der Waals surface area contributed by atoms with Crippen LogP contribution in [-0.4, -0.2) is 70.3 Å². The maximum absolute atomic E-state index is 13.3. The van der Waals surface area contributed by atoms with Crippen molar-refractivity contribution in [2.75, 3.05) is 54.8 Å². The smallest absolute Gasteiger partial charge is 0.261 e. The molecule has 2 N–H and O–H groups in total. The molecule has 0 unspecified atom stereocenters. The van der Waals surface area contributed by atoms with Crippen LogP contribution < -0.4 is 20.3 Å². The molecular formula is C23H27N7O2. The SMILES string of the molecule is CC1(C)Cc2cc3c(cc2O1)N1CCN(CCNc2ccn4ncc(c4n2)C(=O)N3)CC1. The van der Waals surface area contributed by atoms with Gasteiger partial charge in [-0.1, -0.05) is 0 Å². The Bertz CT molecular complexity index is 1210. The minimum Gasteiger partial charge on any atom is -0.487 e. The lowest BCUT2D eigenvalue weighted by molar-refractivity contribution is 0.102. The zero-order valence-electron chi connectivity index (χ0n) is 18.4. The van der Waals surface area contributed by atoms with E-state index >= 15 is 0 Å². The lowest BCUT2D eigenvalue weighted by atomic mass is 10.0. The van der Waals surface area contributed by atoms with Crippen molar-refractivity contribution in [3.8, 4) is 5.75 Å². The fraction of sp³-hybridized carbons (Fsp3) is 0.435. The lowest BCUT2D eigenvalue weighted by Gasteiger charge is -2.37. The number of hydrogen-bond acceptors (Lipinski definition) is 7. The van der Waals surface area contributed by atoms with E-state index in [9.17, 15) is 4.79 Å². The molecule has 0 atom stereocenters. The lowest BCUT2D eigenvalue weighted by Crippen LogP contribution is -2.47. The average molecular weight is 434 g/mol. The third kappa shape index (κ3) is 3.33. The molecule has 0 aliphatic carbocycles. The van der Waals surface area contributed by atoms with Crippen molar-refractivity contribution in [3.05, 3.63) is 41.7 Å². The quantitative estimate of drug-likeness (QED) is 0.562. The van der Waals surface area contributed by atoms with Crippen LogP contribution in [0.1, 0.15) is 29.8 Å². The molecule has 166 valence electrons. The Morgan fingerprint density at radius 3 is 2.81 bits per heavy atom. The first kappa shape index (κ1) is 19.4. The molecule has 9 nitrogen and oxygen atoms in total. The molecule has 9 heteroatoms. The molecular weight excluding hydrogens is 406 g/mol. The third-order valence-electron chi connectivity index (χ3n) is 6.49. The first-order valence-corrected chi connectivity index (χ1v) is 11.2. The van der Waals surface area contributed by atoms with Crippen LogP contribution in [0.2, 0.25) is 0 Å². The van der Waals surface area contributed by atoms with Crippen LogP contribution in [0.4, 0.5) is 17.2 Å². The molecule has 4 aliphatic heterocycles. The Kier molecular flexibility index (Phi) is 4.29. The summed E-state index contributed by atoms with van der Waals surface area (Å²) in [6.07, 6.45) is 4.22. The highest BCUT2D eigenvalue weighted by atomic mass is 16.5. The van der Waals surface area contributed by atoms with Gasteiger partial charge in [-0.3, -0.25) is 9.69 Å². The topological polar surface area (TPSA) is 87.0 Å². The van der Waals surface area contributed by atoms with E-state index in [2.05, 4.69) is 56.5 Å². The zero-order chi connectivity index (χ0) is 21.9. The molecule has 1 saturated heterocycles. The number of hydrogen-bond donors (Lipinski definition) is 2. The molecule has 7 rings (SSSR count). The Hall–Kier alpha value is -3.33. The van der Waals surface area contributed by atoms with E-state index in [1.54, 1.807) is 10.7 Å². The van der Waals surface area contributed by atoms with Crippen molar-refractivity contribution in [1.82, 2.24) is 19.5 Å². The van der Waals surface area contributed by atoms with E-state index in [0.29, 0.717) is 11.2 Å². The van der Waals surface area contributed by atoms with Gasteiger partial charge >= 0.3 is 0 Å². The molecule has 1 amide bonds. The summed E-state index contributed by atoms with van der Waals surface area (Å²) in [4.78, 5) is 22.8. The molecule has 0 spiro atoms. The van der Waals surface area contributed by atoms with E-state index in [1.165, 1.54) is 0 Å². The Morgan fingerprint density at radius 1 is 1.12 bits per heavy atom. The molecule has 0 radical (unpaired) electrons. The first-order valence-electron chi connectivity index (χ1n) is 11.2. The third-order valence-corrected chi connectivity index (χ3v) is 6.49. The summed E-state index contributed by atoms with van der Waals surface area (Å²) in [5.74, 6) is 1.45. The number of aromatic nitrogens is 3. The number of carbonyl (C=O) groups excluding carboxylic acids is 1. The molecule has 3 aromatic rings. The van der Waals surface area contributed by atoms with Gasteiger partial charge in [0.15, 0.2) is 5.65 Å². The van der Waals surface area contributed by atoms with E-state index < -0.39 is 0 Å². The van der Waals surface area contributed by atoms with Crippen LogP contribution in [-0.2, 0) is 6.42 Å². The van der Waals surface area contributed by atoms with E-state index in [-0.39, 0.29) is 11.5 Å². The van der Waals surface area contributed by atoms with E-state index in [4.69, 9.17) is 4.74 Å². The molecule has 32 heavy (non-hydrogen) atoms. The summed E-state index contributed by atoms with van der Waals surface area (Å²) >= 11 is 0. The van der Waals surface area contributed by atoms with Crippen molar-refractivity contribution in [1.29, 1.82) is 0 Å². The number of carbonyl (C=O) groups is 1. The summed E-state index contributed by atoms with van der Waals surface area (Å²) in [7, 11) is 0. The number of nitrogens with one attached hydrogen (secondary N) is 2. The van der Waals surface area contributed by atoms with Crippen molar-refractivity contribution in [3.63, 3.8) is 0 Å². The fourth-order valence-electron chi connectivity index (χ4n) is 4.87. The van der Waals surface area contributed by atoms with Gasteiger partial charge in [-0.2, -0.15) is 5.10 Å². The van der Waals surface area contributed by atoms with Crippen molar-refractivity contribution < 1.29 is 9.53 Å². The molecule has 0 saturated carbocycles. The minimum absolute atomic E-state index is 0.211. The maximum atomic E-state index is 13.3. The number of fused-ring (bicyclic) bond motifs is 6. The molecule has 1 aromatic carbocycles. The monoisotopic (exact) mass is 433 g/mol. The van der Waals surface area contributed by atoms with Crippen LogP contribution in [0.15, 0.2) is 30.6 Å². The van der Waals surface area contributed by atoms with Gasteiger partial charge in [-0.25, -0.2) is 9.50 Å². The van der Waals surface area contributed by atoms with Crippen LogP contribution in [0.25, 0.3) is 5.65 Å². The van der Waals surface area contributed by atoms with Gasteiger partial charge in [0, 0.05) is 63.5 Å². The highest BCUT2D eigenvalue weighted by Gasteiger charge is 2.32. The maximum Gasteiger partial charge on any atom is 0.261 e. The Morgan fingerprint density at radius 2 is 1.97 bits per heavy atom. The Labute approximate surface area is 186 Å². The molecule has 4 bridgehead atoms. The van der Waals surface area contributed by atoms with E-state index in [0.717, 1.165) is 74.2 Å². The van der Waals surface area contributed by atoms with Gasteiger partial charge in [0.05, 0.1) is 17.6 Å². The second-order valence-corrected chi connectivity index (χ2v) is 9.36. The Balaban J connectivity index is 1.45. The normalized spacial score (nSPS) is 20.2. The number of ether oxygens (including phenoxy) is 1. The van der Waals surface area contributed by atoms with Crippen LogP contribution >= 0.6 is 0 Å². The van der Waals surface area contributed by atoms with Gasteiger partial charge in [0.1, 0.15) is 22.7 Å². The van der Waals surface area contributed by atoms with E-state index in [1.807, 2.05) is 12.3 Å². The zero-order valence-corrected chi connectivity index (χ0v) is 18.4. The van der Waals surface area contributed by atoms with Crippen molar-refractivity contribution in [2.24, 2.45) is 0 Å². The standard InChI is InChI=1S/C23H27N7O2/c1-23(2)13-15-11-17-18(12-19(15)32-23)29-9-7-28(8-10-29)6-4-24-20-3-5-30-21(27-20)16(14-25-30)22(31)26-17/h3,5,11-12,14H,4,6-10,13H2,1-2H3,(H,24,27)(H,26,31). The second-order valence-electron chi connectivity index (χ2n) is 9.36. The highest BCUT2D eigenvalue weighted by Crippen LogP contribution is 2.42. The van der Waals surface area contributed by atoms with Crippen molar-refractivity contribution in [2.45, 2.75) is 25.9 Å². The minimum atomic E-state index is -0.242. The number of amides is 1. The summed E-state index contributed by atoms with van der Waals surface area (Å²) in [6, 6.07) is 6.06. The summed E-state index contributed by atoms with van der Waals surface area (Å²) in [5.41, 5.74) is 3.69. The molecule has 6 heterocycles. The summed E-state index contributed by atoms with van der Waals surface area (Å²) in [6.45, 7) is 9.66. The van der Waals surface area contributed by atoms with Gasteiger partial charge in [-0.05, 0) is 26.0 Å². The largest absolute Gasteiger partial charge is 0.487 e. The summed E-state index contributed by atoms with van der Waals surface area (Å²) in [5, 5.41) is 10.9. The first-order chi connectivity index (χ1) is 15.4. The molecule has 4 aliphatic rings. The molecule has 1 fully saturated rings. The highest BCUT2D eigenvalue weighted by molar-refractivity contribution is 6.09. The number of anilines is 3. The van der Waals surface area contributed by atoms with Crippen LogP contribution in [0.5, 0.6) is 5.75 Å². The number of rotatable bonds is 0. The predicted octanol–water partition coefficient (Wildman–Crippen LogP) is 2.24. The predicted molar refractivity (Wildman–Crippen MR) is 123 cm³/mol. The second kappa shape index (κ2) is 7.09. The van der Waals surface area contributed by atoms with Crippen molar-refractivity contribution >= 4 is 28.7 Å². The number of piperazine rings is 1. The van der Waals surface area contributed by atoms with Gasteiger partial charge in [-0.15, -0.1) is 0 Å². The fourth-order valence-corrected chi connectivity index (χ4v) is 4.87. The summed E-state index contributed by atoms with van der Waals surface area (Å²) < 4.78 is 7.83.